The van der Waals surface area contributed by atoms with Crippen LogP contribution >= 0.6 is 12.4 Å². The lowest BCUT2D eigenvalue weighted by Gasteiger charge is -2.20. The molecule has 2 aliphatic rings. The van der Waals surface area contributed by atoms with Gasteiger partial charge in [0.25, 0.3) is 11.8 Å². The topological polar surface area (TPSA) is 130 Å². The fraction of sp³-hybridized carbons (Fsp3) is 0.130. The van der Waals surface area contributed by atoms with E-state index < -0.39 is 17.9 Å². The number of hydrogen-bond acceptors (Lipinski definition) is 5. The van der Waals surface area contributed by atoms with E-state index in [0.717, 1.165) is 16.5 Å². The molecular weight excluding hydrogens is 442 g/mol. The summed E-state index contributed by atoms with van der Waals surface area (Å²) < 4.78 is 3.85. The van der Waals surface area contributed by atoms with Crippen molar-refractivity contribution in [1.82, 2.24) is 24.6 Å². The third-order valence-electron chi connectivity index (χ3n) is 6.17. The van der Waals surface area contributed by atoms with Crippen LogP contribution in [0.2, 0.25) is 0 Å². The molecule has 0 aliphatic carbocycles. The van der Waals surface area contributed by atoms with Crippen molar-refractivity contribution in [2.75, 3.05) is 6.54 Å². The Kier molecular flexibility index (Phi) is 4.80. The number of amides is 2. The van der Waals surface area contributed by atoms with Crippen molar-refractivity contribution < 1.29 is 9.59 Å². The van der Waals surface area contributed by atoms with Crippen LogP contribution in [0, 0.1) is 5.41 Å². The van der Waals surface area contributed by atoms with E-state index in [1.165, 1.54) is 0 Å². The summed E-state index contributed by atoms with van der Waals surface area (Å²) in [5.74, 6) is -0.807. The molecule has 4 aromatic rings. The van der Waals surface area contributed by atoms with Gasteiger partial charge in [0.2, 0.25) is 0 Å². The SMILES string of the molecule is Cl.N=C(N)c1cc2c3c(ccn3C(C3=C(c4cnc5ccccn45)C(=O)NC3=O)CNC2)c1. The van der Waals surface area contributed by atoms with Gasteiger partial charge in [0.15, 0.2) is 0 Å². The number of carbonyl (C=O) groups is 2. The minimum absolute atomic E-state index is 0. The summed E-state index contributed by atoms with van der Waals surface area (Å²) in [5, 5.41) is 14.6. The monoisotopic (exact) mass is 461 g/mol. The molecule has 3 aromatic heterocycles. The standard InChI is InChI=1S/C23H19N7O2.ClH/c24-21(25)13-7-12-4-6-30-15(10-26-9-14(8-13)20(12)30)18-19(23(32)28-22(18)31)16-11-27-17-3-1-2-5-29(16)17;/h1-8,11,15,26H,9-10H2,(H3,24,25)(H,28,31,32);1H. The highest BCUT2D eigenvalue weighted by Crippen LogP contribution is 2.36. The van der Waals surface area contributed by atoms with Gasteiger partial charge in [0, 0.05) is 36.4 Å². The number of benzene rings is 1. The van der Waals surface area contributed by atoms with E-state index in [2.05, 4.69) is 15.6 Å². The average molecular weight is 462 g/mol. The van der Waals surface area contributed by atoms with E-state index in [0.29, 0.717) is 41.1 Å². The number of nitrogens with zero attached hydrogens (tertiary/aromatic N) is 3. The molecule has 10 heteroatoms. The number of nitrogen functional groups attached to an aromatic ring is 1. The maximum absolute atomic E-state index is 13.0. The molecule has 9 nitrogen and oxygen atoms in total. The molecule has 0 saturated carbocycles. The second-order valence-electron chi connectivity index (χ2n) is 8.00. The van der Waals surface area contributed by atoms with Gasteiger partial charge in [0.1, 0.15) is 11.5 Å². The fourth-order valence-electron chi connectivity index (χ4n) is 4.79. The largest absolute Gasteiger partial charge is 0.384 e. The molecular formula is C23H20ClN7O2. The van der Waals surface area contributed by atoms with Crippen LogP contribution in [0.15, 0.2) is 60.6 Å². The van der Waals surface area contributed by atoms with E-state index in [1.54, 1.807) is 6.20 Å². The zero-order chi connectivity index (χ0) is 22.0. The Labute approximate surface area is 194 Å². The van der Waals surface area contributed by atoms with Gasteiger partial charge in [0.05, 0.1) is 34.6 Å². The first-order chi connectivity index (χ1) is 15.5. The van der Waals surface area contributed by atoms with E-state index >= 15 is 0 Å². The summed E-state index contributed by atoms with van der Waals surface area (Å²) in [4.78, 5) is 30.3. The first-order valence-electron chi connectivity index (χ1n) is 10.2. The van der Waals surface area contributed by atoms with Gasteiger partial charge in [-0.1, -0.05) is 6.07 Å². The van der Waals surface area contributed by atoms with Gasteiger partial charge in [-0.25, -0.2) is 4.98 Å². The van der Waals surface area contributed by atoms with Gasteiger partial charge >= 0.3 is 0 Å². The molecule has 1 unspecified atom stereocenters. The predicted octanol–water partition coefficient (Wildman–Crippen LogP) is 1.75. The summed E-state index contributed by atoms with van der Waals surface area (Å²) in [6, 6.07) is 10.9. The van der Waals surface area contributed by atoms with Crippen LogP contribution in [0.3, 0.4) is 0 Å². The summed E-state index contributed by atoms with van der Waals surface area (Å²) in [7, 11) is 0. The Morgan fingerprint density at radius 1 is 1.15 bits per heavy atom. The Morgan fingerprint density at radius 3 is 2.82 bits per heavy atom. The molecule has 0 radical (unpaired) electrons. The number of imidazole rings is 1. The van der Waals surface area contributed by atoms with Crippen LogP contribution < -0.4 is 16.4 Å². The van der Waals surface area contributed by atoms with E-state index in [-0.39, 0.29) is 18.2 Å². The Balaban J connectivity index is 0.00000228. The second kappa shape index (κ2) is 7.58. The number of rotatable bonds is 3. The fourth-order valence-corrected chi connectivity index (χ4v) is 4.79. The van der Waals surface area contributed by atoms with Crippen molar-refractivity contribution in [3.05, 3.63) is 77.4 Å². The third-order valence-corrected chi connectivity index (χ3v) is 6.17. The van der Waals surface area contributed by atoms with Crippen molar-refractivity contribution in [3.63, 3.8) is 0 Å². The number of pyridine rings is 1. The minimum atomic E-state index is -0.421. The second-order valence-corrected chi connectivity index (χ2v) is 8.00. The number of carbonyl (C=O) groups excluding carboxylic acids is 2. The number of imide groups is 1. The van der Waals surface area contributed by atoms with Crippen molar-refractivity contribution >= 4 is 52.2 Å². The number of nitrogens with two attached hydrogens (primary N) is 1. The lowest BCUT2D eigenvalue weighted by atomic mass is 9.99. The highest BCUT2D eigenvalue weighted by molar-refractivity contribution is 6.36. The third kappa shape index (κ3) is 3.05. The minimum Gasteiger partial charge on any atom is -0.384 e. The van der Waals surface area contributed by atoms with Crippen LogP contribution in [0.25, 0.3) is 22.1 Å². The zero-order valence-corrected chi connectivity index (χ0v) is 18.1. The van der Waals surface area contributed by atoms with Gasteiger partial charge < -0.3 is 15.6 Å². The molecule has 1 aromatic carbocycles. The van der Waals surface area contributed by atoms with Crippen molar-refractivity contribution in [1.29, 1.82) is 5.41 Å². The van der Waals surface area contributed by atoms with Gasteiger partial charge in [-0.2, -0.15) is 0 Å². The van der Waals surface area contributed by atoms with E-state index in [1.807, 2.05) is 57.8 Å². The zero-order valence-electron chi connectivity index (χ0n) is 17.3. The molecule has 166 valence electrons. The molecule has 33 heavy (non-hydrogen) atoms. The Hall–Kier alpha value is -3.95. The van der Waals surface area contributed by atoms with Crippen LogP contribution in [-0.4, -0.2) is 38.1 Å². The van der Waals surface area contributed by atoms with Crippen LogP contribution in [0.5, 0.6) is 0 Å². The molecule has 6 rings (SSSR count). The van der Waals surface area contributed by atoms with Crippen LogP contribution in [-0.2, 0) is 16.1 Å². The number of nitrogens with one attached hydrogen (secondary N) is 3. The van der Waals surface area contributed by atoms with Crippen molar-refractivity contribution in [3.8, 4) is 0 Å². The molecule has 2 amide bonds. The van der Waals surface area contributed by atoms with Crippen molar-refractivity contribution in [2.24, 2.45) is 5.73 Å². The molecule has 0 fully saturated rings. The lowest BCUT2D eigenvalue weighted by Crippen LogP contribution is -2.29. The highest BCUT2D eigenvalue weighted by Gasteiger charge is 2.39. The lowest BCUT2D eigenvalue weighted by molar-refractivity contribution is -0.123. The smallest absolute Gasteiger partial charge is 0.260 e. The van der Waals surface area contributed by atoms with Crippen LogP contribution in [0.4, 0.5) is 0 Å². The maximum Gasteiger partial charge on any atom is 0.260 e. The molecule has 2 aliphatic heterocycles. The number of fused-ring (bicyclic) bond motifs is 1. The maximum atomic E-state index is 13.0. The van der Waals surface area contributed by atoms with Crippen molar-refractivity contribution in [2.45, 2.75) is 12.6 Å². The summed E-state index contributed by atoms with van der Waals surface area (Å²) >= 11 is 0. The van der Waals surface area contributed by atoms with Gasteiger partial charge in [-0.15, -0.1) is 12.4 Å². The first-order valence-corrected chi connectivity index (χ1v) is 10.2. The Bertz CT molecular complexity index is 1510. The van der Waals surface area contributed by atoms with E-state index in [9.17, 15) is 9.59 Å². The summed E-state index contributed by atoms with van der Waals surface area (Å²) in [6.07, 6.45) is 5.38. The normalized spacial score (nSPS) is 17.9. The van der Waals surface area contributed by atoms with Gasteiger partial charge in [-0.05, 0) is 35.9 Å². The molecule has 5 heterocycles. The molecule has 0 saturated heterocycles. The summed E-state index contributed by atoms with van der Waals surface area (Å²) in [5.41, 5.74) is 10.4. The van der Waals surface area contributed by atoms with E-state index in [4.69, 9.17) is 11.1 Å². The molecule has 1 atom stereocenters. The average Bonchev–Trinajstić information content (AvgIpc) is 3.42. The molecule has 5 N–H and O–H groups in total. The number of aromatic nitrogens is 3. The highest BCUT2D eigenvalue weighted by atomic mass is 35.5. The quantitative estimate of drug-likeness (QED) is 0.210. The van der Waals surface area contributed by atoms with Crippen LogP contribution in [0.1, 0.15) is 22.9 Å². The number of amidine groups is 1. The van der Waals surface area contributed by atoms with Gasteiger partial charge in [-0.3, -0.25) is 24.7 Å². The summed E-state index contributed by atoms with van der Waals surface area (Å²) in [6.45, 7) is 1.02. The Morgan fingerprint density at radius 2 is 2.00 bits per heavy atom. The number of hydrogen-bond donors (Lipinski definition) is 4. The first kappa shape index (κ1) is 20.9. The predicted molar refractivity (Wildman–Crippen MR) is 126 cm³/mol. The number of halogens is 1. The molecule has 0 spiro atoms. The molecule has 0 bridgehead atoms.